The van der Waals surface area contributed by atoms with Crippen molar-refractivity contribution in [3.8, 4) is 0 Å². The standard InChI is InChI=1S/C17H20FN3O/c1-21(14-6-3-2-4-7-14)11-5-8-17(22)20-16-12-13(19)9-10-15(16)18/h2-4,6-7,9-10,12H,5,8,11,19H2,1H3,(H,20,22). The number of hydrogen-bond donors (Lipinski definition) is 2. The summed E-state index contributed by atoms with van der Waals surface area (Å²) in [5.41, 5.74) is 7.23. The van der Waals surface area contributed by atoms with Gasteiger partial charge in [0.2, 0.25) is 5.91 Å². The van der Waals surface area contributed by atoms with Crippen LogP contribution in [0.2, 0.25) is 0 Å². The Kier molecular flexibility index (Phi) is 5.36. The van der Waals surface area contributed by atoms with Crippen molar-refractivity contribution in [3.05, 3.63) is 54.3 Å². The van der Waals surface area contributed by atoms with Gasteiger partial charge in [0.15, 0.2) is 0 Å². The van der Waals surface area contributed by atoms with Crippen molar-refractivity contribution in [2.45, 2.75) is 12.8 Å². The van der Waals surface area contributed by atoms with Crippen LogP contribution in [0.1, 0.15) is 12.8 Å². The summed E-state index contributed by atoms with van der Waals surface area (Å²) < 4.78 is 13.5. The van der Waals surface area contributed by atoms with Crippen LogP contribution in [0.25, 0.3) is 0 Å². The van der Waals surface area contributed by atoms with E-state index in [1.54, 1.807) is 0 Å². The highest BCUT2D eigenvalue weighted by Gasteiger charge is 2.08. The molecule has 4 nitrogen and oxygen atoms in total. The second kappa shape index (κ2) is 7.45. The molecule has 22 heavy (non-hydrogen) atoms. The fourth-order valence-corrected chi connectivity index (χ4v) is 2.14. The van der Waals surface area contributed by atoms with Crippen molar-refractivity contribution >= 4 is 23.0 Å². The zero-order chi connectivity index (χ0) is 15.9. The van der Waals surface area contributed by atoms with Gasteiger partial charge >= 0.3 is 0 Å². The average Bonchev–Trinajstić information content (AvgIpc) is 2.51. The second-order valence-corrected chi connectivity index (χ2v) is 5.15. The van der Waals surface area contributed by atoms with Gasteiger partial charge < -0.3 is 16.0 Å². The lowest BCUT2D eigenvalue weighted by Gasteiger charge is -2.18. The zero-order valence-corrected chi connectivity index (χ0v) is 12.6. The highest BCUT2D eigenvalue weighted by Crippen LogP contribution is 2.18. The summed E-state index contributed by atoms with van der Waals surface area (Å²) in [7, 11) is 1.98. The molecule has 3 N–H and O–H groups in total. The number of carbonyl (C=O) groups is 1. The van der Waals surface area contributed by atoms with Gasteiger partial charge in [-0.2, -0.15) is 0 Å². The smallest absolute Gasteiger partial charge is 0.224 e. The Balaban J connectivity index is 1.80. The first-order chi connectivity index (χ1) is 10.6. The van der Waals surface area contributed by atoms with Gasteiger partial charge in [-0.05, 0) is 36.8 Å². The Morgan fingerprint density at radius 3 is 2.68 bits per heavy atom. The molecule has 0 spiro atoms. The molecule has 0 fully saturated rings. The van der Waals surface area contributed by atoms with Crippen LogP contribution in [0.15, 0.2) is 48.5 Å². The molecule has 0 aromatic heterocycles. The van der Waals surface area contributed by atoms with Gasteiger partial charge in [-0.25, -0.2) is 4.39 Å². The Morgan fingerprint density at radius 2 is 1.95 bits per heavy atom. The predicted octanol–water partition coefficient (Wildman–Crippen LogP) is 3.26. The quantitative estimate of drug-likeness (QED) is 0.805. The van der Waals surface area contributed by atoms with Crippen molar-refractivity contribution < 1.29 is 9.18 Å². The topological polar surface area (TPSA) is 58.4 Å². The minimum Gasteiger partial charge on any atom is -0.399 e. The predicted molar refractivity (Wildman–Crippen MR) is 88.4 cm³/mol. The number of rotatable bonds is 6. The van der Waals surface area contributed by atoms with E-state index in [2.05, 4.69) is 10.2 Å². The van der Waals surface area contributed by atoms with Crippen LogP contribution < -0.4 is 16.0 Å². The lowest BCUT2D eigenvalue weighted by molar-refractivity contribution is -0.116. The Hall–Kier alpha value is -2.56. The minimum absolute atomic E-state index is 0.126. The van der Waals surface area contributed by atoms with Gasteiger partial charge in [-0.3, -0.25) is 4.79 Å². The first kappa shape index (κ1) is 15.8. The van der Waals surface area contributed by atoms with Crippen LogP contribution >= 0.6 is 0 Å². The number of carbonyl (C=O) groups excluding carboxylic acids is 1. The maximum Gasteiger partial charge on any atom is 0.224 e. The minimum atomic E-state index is -0.482. The Labute approximate surface area is 129 Å². The molecule has 0 saturated heterocycles. The Morgan fingerprint density at radius 1 is 1.23 bits per heavy atom. The van der Waals surface area contributed by atoms with Gasteiger partial charge in [0, 0.05) is 31.4 Å². The largest absolute Gasteiger partial charge is 0.399 e. The number of halogens is 1. The van der Waals surface area contributed by atoms with Crippen LogP contribution in [0.5, 0.6) is 0 Å². The van der Waals surface area contributed by atoms with E-state index in [0.29, 0.717) is 18.5 Å². The third kappa shape index (κ3) is 4.48. The number of nitrogen functional groups attached to an aromatic ring is 1. The summed E-state index contributed by atoms with van der Waals surface area (Å²) in [6.45, 7) is 0.747. The van der Waals surface area contributed by atoms with Gasteiger partial charge in [-0.1, -0.05) is 18.2 Å². The summed E-state index contributed by atoms with van der Waals surface area (Å²) in [4.78, 5) is 13.9. The molecule has 0 saturated carbocycles. The fourth-order valence-electron chi connectivity index (χ4n) is 2.14. The SMILES string of the molecule is CN(CCCC(=O)Nc1cc(N)ccc1F)c1ccccc1. The van der Waals surface area contributed by atoms with E-state index in [1.807, 2.05) is 37.4 Å². The van der Waals surface area contributed by atoms with E-state index in [1.165, 1.54) is 18.2 Å². The van der Waals surface area contributed by atoms with Crippen molar-refractivity contribution in [1.29, 1.82) is 0 Å². The van der Waals surface area contributed by atoms with Crippen LogP contribution in [-0.4, -0.2) is 19.5 Å². The molecule has 0 aliphatic carbocycles. The molecule has 0 aliphatic heterocycles. The molecule has 2 aromatic carbocycles. The first-order valence-electron chi connectivity index (χ1n) is 7.17. The molecule has 0 unspecified atom stereocenters. The van der Waals surface area contributed by atoms with E-state index in [4.69, 9.17) is 5.73 Å². The summed E-state index contributed by atoms with van der Waals surface area (Å²) >= 11 is 0. The number of benzene rings is 2. The molecule has 0 heterocycles. The molecule has 0 aliphatic rings. The summed E-state index contributed by atoms with van der Waals surface area (Å²) in [6.07, 6.45) is 1.01. The molecule has 0 atom stereocenters. The van der Waals surface area contributed by atoms with Gasteiger partial charge in [-0.15, -0.1) is 0 Å². The van der Waals surface area contributed by atoms with E-state index in [9.17, 15) is 9.18 Å². The molecule has 1 amide bonds. The molecular weight excluding hydrogens is 281 g/mol. The van der Waals surface area contributed by atoms with E-state index in [-0.39, 0.29) is 11.6 Å². The molecule has 2 rings (SSSR count). The number of para-hydroxylation sites is 1. The van der Waals surface area contributed by atoms with E-state index in [0.717, 1.165) is 12.2 Å². The third-order valence-corrected chi connectivity index (χ3v) is 3.36. The van der Waals surface area contributed by atoms with Crippen molar-refractivity contribution in [3.63, 3.8) is 0 Å². The molecular formula is C17H20FN3O. The highest BCUT2D eigenvalue weighted by molar-refractivity contribution is 5.91. The molecule has 0 bridgehead atoms. The van der Waals surface area contributed by atoms with Crippen LogP contribution in [0, 0.1) is 5.82 Å². The van der Waals surface area contributed by atoms with Crippen LogP contribution in [0.3, 0.4) is 0 Å². The van der Waals surface area contributed by atoms with Crippen LogP contribution in [0.4, 0.5) is 21.5 Å². The van der Waals surface area contributed by atoms with Gasteiger partial charge in [0.25, 0.3) is 0 Å². The molecule has 5 heteroatoms. The monoisotopic (exact) mass is 301 g/mol. The number of hydrogen-bond acceptors (Lipinski definition) is 3. The number of amides is 1. The summed E-state index contributed by atoms with van der Waals surface area (Å²) in [5.74, 6) is -0.699. The normalized spacial score (nSPS) is 10.3. The number of nitrogens with two attached hydrogens (primary N) is 1. The number of nitrogens with zero attached hydrogens (tertiary/aromatic N) is 1. The Bertz CT molecular complexity index is 631. The first-order valence-corrected chi connectivity index (χ1v) is 7.17. The summed E-state index contributed by atoms with van der Waals surface area (Å²) in [5, 5.41) is 2.55. The van der Waals surface area contributed by atoms with E-state index < -0.39 is 5.82 Å². The molecule has 116 valence electrons. The van der Waals surface area contributed by atoms with Gasteiger partial charge in [0.05, 0.1) is 5.69 Å². The fraction of sp³-hybridized carbons (Fsp3) is 0.235. The maximum absolute atomic E-state index is 13.5. The highest BCUT2D eigenvalue weighted by atomic mass is 19.1. The lowest BCUT2D eigenvalue weighted by Crippen LogP contribution is -2.20. The van der Waals surface area contributed by atoms with Crippen LogP contribution in [-0.2, 0) is 4.79 Å². The lowest BCUT2D eigenvalue weighted by atomic mass is 10.2. The third-order valence-electron chi connectivity index (χ3n) is 3.36. The van der Waals surface area contributed by atoms with Crippen molar-refractivity contribution in [2.24, 2.45) is 0 Å². The summed E-state index contributed by atoms with van der Waals surface area (Å²) in [6, 6.07) is 14.1. The average molecular weight is 301 g/mol. The number of nitrogens with one attached hydrogen (secondary N) is 1. The van der Waals surface area contributed by atoms with Gasteiger partial charge in [0.1, 0.15) is 5.82 Å². The van der Waals surface area contributed by atoms with Crippen molar-refractivity contribution in [1.82, 2.24) is 0 Å². The number of anilines is 3. The second-order valence-electron chi connectivity index (χ2n) is 5.15. The molecule has 2 aromatic rings. The zero-order valence-electron chi connectivity index (χ0n) is 12.6. The van der Waals surface area contributed by atoms with E-state index >= 15 is 0 Å². The van der Waals surface area contributed by atoms with Crippen molar-refractivity contribution in [2.75, 3.05) is 29.5 Å². The molecule has 0 radical (unpaired) electrons. The maximum atomic E-state index is 13.5.